The third-order valence-corrected chi connectivity index (χ3v) is 4.36. The Bertz CT molecular complexity index is 939. The summed E-state index contributed by atoms with van der Waals surface area (Å²) in [6.45, 7) is 4.41. The number of benzene rings is 1. The van der Waals surface area contributed by atoms with E-state index in [0.29, 0.717) is 23.4 Å². The van der Waals surface area contributed by atoms with Crippen molar-refractivity contribution in [2.24, 2.45) is 0 Å². The van der Waals surface area contributed by atoms with Crippen molar-refractivity contribution >= 4 is 17.5 Å². The van der Waals surface area contributed by atoms with Gasteiger partial charge in [-0.2, -0.15) is 0 Å². The van der Waals surface area contributed by atoms with Crippen molar-refractivity contribution in [3.8, 4) is 0 Å². The average Bonchev–Trinajstić information content (AvgIpc) is 3.25. The van der Waals surface area contributed by atoms with Gasteiger partial charge < -0.3 is 19.6 Å². The van der Waals surface area contributed by atoms with Crippen LogP contribution in [0.4, 0.5) is 5.69 Å². The Morgan fingerprint density at radius 2 is 1.81 bits per heavy atom. The Kier molecular flexibility index (Phi) is 4.93. The van der Waals surface area contributed by atoms with Crippen molar-refractivity contribution in [3.63, 3.8) is 0 Å². The van der Waals surface area contributed by atoms with Crippen LogP contribution >= 0.6 is 0 Å². The molecule has 3 rings (SSSR count). The first-order chi connectivity index (χ1) is 12.5. The highest BCUT2D eigenvalue weighted by Gasteiger charge is 2.18. The molecule has 1 aromatic carbocycles. The number of aromatic nitrogens is 1. The predicted molar refractivity (Wildman–Crippen MR) is 99.5 cm³/mol. The molecule has 2 amide bonds. The standard InChI is InChI=1S/C20H21N3O3/c1-13-11-17(14(2)23(13)12-15-7-6-10-26-15)20(25)22-18-9-5-4-8-16(18)19(24)21-3/h4-11H,12H2,1-3H3,(H,21,24)(H,22,25). The second kappa shape index (κ2) is 7.31. The number of hydrogen-bond acceptors (Lipinski definition) is 3. The highest BCUT2D eigenvalue weighted by molar-refractivity contribution is 6.09. The molecule has 134 valence electrons. The second-order valence-electron chi connectivity index (χ2n) is 6.03. The van der Waals surface area contributed by atoms with Gasteiger partial charge >= 0.3 is 0 Å². The van der Waals surface area contributed by atoms with Crippen LogP contribution in [0.2, 0.25) is 0 Å². The largest absolute Gasteiger partial charge is 0.467 e. The van der Waals surface area contributed by atoms with E-state index in [-0.39, 0.29) is 11.8 Å². The summed E-state index contributed by atoms with van der Waals surface area (Å²) in [6.07, 6.45) is 1.63. The third-order valence-electron chi connectivity index (χ3n) is 4.36. The number of aryl methyl sites for hydroxylation is 1. The number of furan rings is 1. The first-order valence-electron chi connectivity index (χ1n) is 8.33. The van der Waals surface area contributed by atoms with Crippen molar-refractivity contribution in [1.29, 1.82) is 0 Å². The molecule has 0 spiro atoms. The monoisotopic (exact) mass is 351 g/mol. The topological polar surface area (TPSA) is 76.3 Å². The molecule has 0 atom stereocenters. The van der Waals surface area contributed by atoms with Gasteiger partial charge in [0.25, 0.3) is 11.8 Å². The van der Waals surface area contributed by atoms with Gasteiger partial charge in [-0.15, -0.1) is 0 Å². The Hall–Kier alpha value is -3.28. The number of para-hydroxylation sites is 1. The quantitative estimate of drug-likeness (QED) is 0.740. The van der Waals surface area contributed by atoms with Gasteiger partial charge in [0, 0.05) is 18.4 Å². The Morgan fingerprint density at radius 3 is 2.50 bits per heavy atom. The highest BCUT2D eigenvalue weighted by Crippen LogP contribution is 2.21. The van der Waals surface area contributed by atoms with E-state index >= 15 is 0 Å². The van der Waals surface area contributed by atoms with Crippen LogP contribution in [0.1, 0.15) is 37.9 Å². The molecular weight excluding hydrogens is 330 g/mol. The van der Waals surface area contributed by atoms with E-state index in [4.69, 9.17) is 4.42 Å². The van der Waals surface area contributed by atoms with Crippen molar-refractivity contribution in [1.82, 2.24) is 9.88 Å². The van der Waals surface area contributed by atoms with E-state index in [1.165, 1.54) is 0 Å². The maximum Gasteiger partial charge on any atom is 0.257 e. The second-order valence-corrected chi connectivity index (χ2v) is 6.03. The number of carbonyl (C=O) groups is 2. The molecule has 0 saturated carbocycles. The number of hydrogen-bond donors (Lipinski definition) is 2. The van der Waals surface area contributed by atoms with Crippen molar-refractivity contribution in [3.05, 3.63) is 77.0 Å². The predicted octanol–water partition coefficient (Wildman–Crippen LogP) is 3.36. The van der Waals surface area contributed by atoms with Crippen molar-refractivity contribution in [2.45, 2.75) is 20.4 Å². The van der Waals surface area contributed by atoms with Crippen LogP contribution < -0.4 is 10.6 Å². The molecule has 3 aromatic rings. The fourth-order valence-corrected chi connectivity index (χ4v) is 2.95. The highest BCUT2D eigenvalue weighted by atomic mass is 16.3. The summed E-state index contributed by atoms with van der Waals surface area (Å²) < 4.78 is 7.43. The number of nitrogens with one attached hydrogen (secondary N) is 2. The van der Waals surface area contributed by atoms with Gasteiger partial charge in [-0.3, -0.25) is 9.59 Å². The summed E-state index contributed by atoms with van der Waals surface area (Å²) in [5.74, 6) is 0.327. The fraction of sp³-hybridized carbons (Fsp3) is 0.200. The van der Waals surface area contributed by atoms with Crippen molar-refractivity contribution in [2.75, 3.05) is 12.4 Å². The van der Waals surface area contributed by atoms with Gasteiger partial charge in [-0.05, 0) is 44.2 Å². The van der Waals surface area contributed by atoms with E-state index in [0.717, 1.165) is 17.1 Å². The maximum atomic E-state index is 12.8. The summed E-state index contributed by atoms with van der Waals surface area (Å²) in [5.41, 5.74) is 3.28. The van der Waals surface area contributed by atoms with Crippen LogP contribution in [0.3, 0.4) is 0 Å². The van der Waals surface area contributed by atoms with E-state index < -0.39 is 0 Å². The molecule has 2 aromatic heterocycles. The molecule has 0 fully saturated rings. The number of anilines is 1. The normalized spacial score (nSPS) is 10.6. The van der Waals surface area contributed by atoms with E-state index in [2.05, 4.69) is 10.6 Å². The Morgan fingerprint density at radius 1 is 1.04 bits per heavy atom. The molecule has 6 nitrogen and oxygen atoms in total. The van der Waals surface area contributed by atoms with Crippen LogP contribution in [0.25, 0.3) is 0 Å². The molecule has 0 bridgehead atoms. The number of carbonyl (C=O) groups excluding carboxylic acids is 2. The first-order valence-corrected chi connectivity index (χ1v) is 8.33. The Labute approximate surface area is 151 Å². The van der Waals surface area contributed by atoms with Crippen molar-refractivity contribution < 1.29 is 14.0 Å². The zero-order chi connectivity index (χ0) is 18.7. The molecular formula is C20H21N3O3. The molecule has 0 aliphatic heterocycles. The lowest BCUT2D eigenvalue weighted by molar-refractivity contribution is 0.0964. The molecule has 2 N–H and O–H groups in total. The van der Waals surface area contributed by atoms with Gasteiger partial charge in [0.05, 0.1) is 29.6 Å². The molecule has 0 saturated heterocycles. The maximum absolute atomic E-state index is 12.8. The first kappa shape index (κ1) is 17.5. The lowest BCUT2D eigenvalue weighted by Gasteiger charge is -2.11. The van der Waals surface area contributed by atoms with Gasteiger partial charge in [0.2, 0.25) is 0 Å². The van der Waals surface area contributed by atoms with Crippen LogP contribution in [0, 0.1) is 13.8 Å². The number of amides is 2. The van der Waals surface area contributed by atoms with Crippen LogP contribution in [0.15, 0.2) is 53.1 Å². The average molecular weight is 351 g/mol. The molecule has 0 aliphatic carbocycles. The van der Waals surface area contributed by atoms with E-state index in [1.807, 2.05) is 36.6 Å². The molecule has 26 heavy (non-hydrogen) atoms. The molecule has 0 radical (unpaired) electrons. The zero-order valence-corrected chi connectivity index (χ0v) is 15.0. The smallest absolute Gasteiger partial charge is 0.257 e. The molecule has 0 unspecified atom stereocenters. The summed E-state index contributed by atoms with van der Waals surface area (Å²) >= 11 is 0. The van der Waals surface area contributed by atoms with E-state index in [9.17, 15) is 9.59 Å². The lowest BCUT2D eigenvalue weighted by Crippen LogP contribution is -2.21. The Balaban J connectivity index is 1.87. The van der Waals surface area contributed by atoms with Gasteiger partial charge in [0.15, 0.2) is 0 Å². The minimum atomic E-state index is -0.250. The molecule has 2 heterocycles. The third kappa shape index (κ3) is 3.39. The fourth-order valence-electron chi connectivity index (χ4n) is 2.95. The lowest BCUT2D eigenvalue weighted by atomic mass is 10.1. The minimum absolute atomic E-state index is 0.246. The molecule has 6 heteroatoms. The van der Waals surface area contributed by atoms with Crippen LogP contribution in [-0.4, -0.2) is 23.4 Å². The van der Waals surface area contributed by atoms with Gasteiger partial charge in [0.1, 0.15) is 5.76 Å². The summed E-state index contributed by atoms with van der Waals surface area (Å²) in [4.78, 5) is 24.8. The van der Waals surface area contributed by atoms with Gasteiger partial charge in [-0.25, -0.2) is 0 Å². The van der Waals surface area contributed by atoms with Crippen LogP contribution in [-0.2, 0) is 6.54 Å². The summed E-state index contributed by atoms with van der Waals surface area (Å²) in [5, 5.41) is 5.43. The SMILES string of the molecule is CNC(=O)c1ccccc1NC(=O)c1cc(C)n(Cc2ccco2)c1C. The van der Waals surface area contributed by atoms with Crippen LogP contribution in [0.5, 0.6) is 0 Å². The summed E-state index contributed by atoms with van der Waals surface area (Å²) in [7, 11) is 1.56. The summed E-state index contributed by atoms with van der Waals surface area (Å²) in [6, 6.07) is 12.5. The van der Waals surface area contributed by atoms with E-state index in [1.54, 1.807) is 37.6 Å². The number of rotatable bonds is 5. The molecule has 0 aliphatic rings. The number of nitrogens with zero attached hydrogens (tertiary/aromatic N) is 1. The zero-order valence-electron chi connectivity index (χ0n) is 15.0. The van der Waals surface area contributed by atoms with Gasteiger partial charge in [-0.1, -0.05) is 12.1 Å². The minimum Gasteiger partial charge on any atom is -0.467 e.